The van der Waals surface area contributed by atoms with Crippen LogP contribution >= 0.6 is 39.1 Å². The summed E-state index contributed by atoms with van der Waals surface area (Å²) in [6.07, 6.45) is 0. The molecule has 0 spiro atoms. The number of carbonyl (C=O) groups excluding carboxylic acids is 1. The molecule has 0 bridgehead atoms. The first-order chi connectivity index (χ1) is 8.06. The first-order valence-electron chi connectivity index (χ1n) is 4.91. The molecule has 0 aromatic heterocycles. The van der Waals surface area contributed by atoms with E-state index in [0.717, 1.165) is 0 Å². The van der Waals surface area contributed by atoms with Crippen molar-refractivity contribution in [2.75, 3.05) is 20.3 Å². The average molecular weight is 341 g/mol. The summed E-state index contributed by atoms with van der Waals surface area (Å²) in [6, 6.07) is 4.95. The normalized spacial score (nSPS) is 12.2. The van der Waals surface area contributed by atoms with E-state index in [-0.39, 0.29) is 10.7 Å². The van der Waals surface area contributed by atoms with Crippen LogP contribution < -0.4 is 5.32 Å². The molecule has 0 saturated carbocycles. The lowest BCUT2D eigenvalue weighted by atomic mass is 10.2. The molecule has 0 saturated heterocycles. The first-order valence-corrected chi connectivity index (χ1v) is 6.58. The Morgan fingerprint density at radius 1 is 1.47 bits per heavy atom. The summed E-state index contributed by atoms with van der Waals surface area (Å²) in [4.78, 5) is 11.9. The fourth-order valence-corrected chi connectivity index (χ4v) is 2.24. The highest BCUT2D eigenvalue weighted by Gasteiger charge is 2.15. The monoisotopic (exact) mass is 339 g/mol. The summed E-state index contributed by atoms with van der Waals surface area (Å²) < 4.78 is 4.94. The summed E-state index contributed by atoms with van der Waals surface area (Å²) in [5.74, 6) is -0.291. The molecule has 0 aliphatic heterocycles. The van der Waals surface area contributed by atoms with Gasteiger partial charge in [-0.3, -0.25) is 4.79 Å². The van der Waals surface area contributed by atoms with E-state index in [9.17, 15) is 4.79 Å². The predicted molar refractivity (Wildman–Crippen MR) is 73.4 cm³/mol. The predicted octanol–water partition coefficient (Wildman–Crippen LogP) is 3.13. The second kappa shape index (κ2) is 7.21. The number of alkyl halides is 1. The van der Waals surface area contributed by atoms with Crippen molar-refractivity contribution in [2.24, 2.45) is 0 Å². The number of rotatable bonds is 5. The summed E-state index contributed by atoms with van der Waals surface area (Å²) in [5, 5.41) is 3.41. The van der Waals surface area contributed by atoms with E-state index in [1.54, 1.807) is 25.3 Å². The number of amides is 1. The lowest BCUT2D eigenvalue weighted by Crippen LogP contribution is -2.31. The lowest BCUT2D eigenvalue weighted by molar-refractivity contribution is 0.0950. The molecule has 6 heteroatoms. The highest BCUT2D eigenvalue weighted by molar-refractivity contribution is 9.09. The molecule has 1 unspecified atom stereocenters. The van der Waals surface area contributed by atoms with E-state index in [4.69, 9.17) is 27.9 Å². The second-order valence-electron chi connectivity index (χ2n) is 3.36. The zero-order valence-corrected chi connectivity index (χ0v) is 12.3. The fraction of sp³-hybridized carbons (Fsp3) is 0.364. The van der Waals surface area contributed by atoms with Crippen LogP contribution in [0.4, 0.5) is 0 Å². The van der Waals surface area contributed by atoms with Gasteiger partial charge in [0.2, 0.25) is 0 Å². The number of methoxy groups -OCH3 is 1. The third-order valence-electron chi connectivity index (χ3n) is 2.02. The van der Waals surface area contributed by atoms with Gasteiger partial charge in [-0.25, -0.2) is 0 Å². The molecule has 1 amide bonds. The summed E-state index contributed by atoms with van der Waals surface area (Å²) in [6.45, 7) is 0.949. The van der Waals surface area contributed by atoms with E-state index >= 15 is 0 Å². The molecule has 0 fully saturated rings. The van der Waals surface area contributed by atoms with Crippen molar-refractivity contribution in [2.45, 2.75) is 4.83 Å². The smallest absolute Gasteiger partial charge is 0.254 e. The highest BCUT2D eigenvalue weighted by Crippen LogP contribution is 2.23. The van der Waals surface area contributed by atoms with E-state index in [2.05, 4.69) is 21.2 Å². The van der Waals surface area contributed by atoms with Gasteiger partial charge in [-0.2, -0.15) is 0 Å². The van der Waals surface area contributed by atoms with Gasteiger partial charge in [-0.1, -0.05) is 45.2 Å². The third kappa shape index (κ3) is 4.47. The number of hydrogen-bond acceptors (Lipinski definition) is 2. The molecule has 0 aliphatic rings. The lowest BCUT2D eigenvalue weighted by Gasteiger charge is -2.11. The van der Waals surface area contributed by atoms with Crippen LogP contribution in [0, 0.1) is 0 Å². The van der Waals surface area contributed by atoms with Gasteiger partial charge < -0.3 is 10.1 Å². The van der Waals surface area contributed by atoms with Gasteiger partial charge in [0.1, 0.15) is 0 Å². The van der Waals surface area contributed by atoms with Crippen molar-refractivity contribution < 1.29 is 9.53 Å². The van der Waals surface area contributed by atoms with Crippen LogP contribution in [0.15, 0.2) is 18.2 Å². The van der Waals surface area contributed by atoms with Crippen LogP contribution in [-0.2, 0) is 4.74 Å². The molecule has 1 aromatic rings. The van der Waals surface area contributed by atoms with E-state index < -0.39 is 0 Å². The molecule has 1 rings (SSSR count). The Bertz CT molecular complexity index is 381. The van der Waals surface area contributed by atoms with E-state index in [1.807, 2.05) is 0 Å². The Hall–Kier alpha value is -0.290. The first kappa shape index (κ1) is 14.8. The molecule has 94 valence electrons. The minimum atomic E-state index is -0.291. The summed E-state index contributed by atoms with van der Waals surface area (Å²) in [5.41, 5.74) is 0.299. The van der Waals surface area contributed by atoms with Crippen molar-refractivity contribution in [1.29, 1.82) is 0 Å². The number of hydrogen-bond donors (Lipinski definition) is 1. The highest BCUT2D eigenvalue weighted by atomic mass is 79.9. The maximum Gasteiger partial charge on any atom is 0.254 e. The molecule has 17 heavy (non-hydrogen) atoms. The molecule has 1 atom stereocenters. The van der Waals surface area contributed by atoms with Gasteiger partial charge in [0, 0.05) is 13.7 Å². The molecule has 0 radical (unpaired) electrons. The zero-order chi connectivity index (χ0) is 12.8. The van der Waals surface area contributed by atoms with Crippen molar-refractivity contribution in [3.8, 4) is 0 Å². The number of ether oxygens (including phenoxy) is 1. The SMILES string of the molecule is COCC(Br)CNC(=O)c1c(Cl)cccc1Cl. The topological polar surface area (TPSA) is 38.3 Å². The van der Waals surface area contributed by atoms with Crippen molar-refractivity contribution in [3.63, 3.8) is 0 Å². The van der Waals surface area contributed by atoms with Crippen LogP contribution in [0.25, 0.3) is 0 Å². The zero-order valence-electron chi connectivity index (χ0n) is 9.17. The van der Waals surface area contributed by atoms with Gasteiger partial charge in [-0.15, -0.1) is 0 Å². The standard InChI is InChI=1S/C11H12BrCl2NO2/c1-17-6-7(12)5-15-11(16)10-8(13)3-2-4-9(10)14/h2-4,7H,5-6H2,1H3,(H,15,16). The van der Waals surface area contributed by atoms with Crippen molar-refractivity contribution >= 4 is 45.0 Å². The van der Waals surface area contributed by atoms with Crippen LogP contribution in [-0.4, -0.2) is 31.0 Å². The molecular weight excluding hydrogens is 329 g/mol. The van der Waals surface area contributed by atoms with Crippen LogP contribution in [0.1, 0.15) is 10.4 Å². The Balaban J connectivity index is 2.64. The molecule has 1 N–H and O–H groups in total. The third-order valence-corrected chi connectivity index (χ3v) is 3.24. The van der Waals surface area contributed by atoms with Crippen LogP contribution in [0.3, 0.4) is 0 Å². The van der Waals surface area contributed by atoms with E-state index in [0.29, 0.717) is 28.8 Å². The van der Waals surface area contributed by atoms with Gasteiger partial charge in [-0.05, 0) is 12.1 Å². The second-order valence-corrected chi connectivity index (χ2v) is 5.47. The summed E-state index contributed by atoms with van der Waals surface area (Å²) >= 11 is 15.2. The molecule has 0 aliphatic carbocycles. The van der Waals surface area contributed by atoms with Gasteiger partial charge in [0.05, 0.1) is 27.0 Å². The maximum atomic E-state index is 11.9. The Morgan fingerprint density at radius 3 is 2.59 bits per heavy atom. The van der Waals surface area contributed by atoms with Gasteiger partial charge in [0.15, 0.2) is 0 Å². The average Bonchev–Trinajstić information content (AvgIpc) is 2.26. The fourth-order valence-electron chi connectivity index (χ4n) is 1.25. The minimum Gasteiger partial charge on any atom is -0.383 e. The van der Waals surface area contributed by atoms with Gasteiger partial charge >= 0.3 is 0 Å². The number of carbonyl (C=O) groups is 1. The minimum absolute atomic E-state index is 0.0534. The maximum absolute atomic E-state index is 11.9. The Morgan fingerprint density at radius 2 is 2.06 bits per heavy atom. The number of halogens is 3. The Kier molecular flexibility index (Phi) is 6.27. The number of nitrogens with one attached hydrogen (secondary N) is 1. The van der Waals surface area contributed by atoms with Crippen molar-refractivity contribution in [3.05, 3.63) is 33.8 Å². The van der Waals surface area contributed by atoms with Crippen LogP contribution in [0.2, 0.25) is 10.0 Å². The Labute approximate surface area is 119 Å². The van der Waals surface area contributed by atoms with Crippen LogP contribution in [0.5, 0.6) is 0 Å². The molecule has 1 aromatic carbocycles. The molecular formula is C11H12BrCl2NO2. The largest absolute Gasteiger partial charge is 0.383 e. The molecule has 0 heterocycles. The molecule has 3 nitrogen and oxygen atoms in total. The quantitative estimate of drug-likeness (QED) is 0.836. The summed E-state index contributed by atoms with van der Waals surface area (Å²) in [7, 11) is 1.60. The van der Waals surface area contributed by atoms with Crippen molar-refractivity contribution in [1.82, 2.24) is 5.32 Å². The number of benzene rings is 1. The van der Waals surface area contributed by atoms with Gasteiger partial charge in [0.25, 0.3) is 5.91 Å². The van der Waals surface area contributed by atoms with E-state index in [1.165, 1.54) is 0 Å².